The number of nitrogens with zero attached hydrogens (tertiary/aromatic N) is 2. The third-order valence-electron chi connectivity index (χ3n) is 1.22. The van der Waals surface area contributed by atoms with Crippen LogP contribution in [0.2, 0.25) is 0 Å². The molecule has 4 heteroatoms. The lowest BCUT2D eigenvalue weighted by molar-refractivity contribution is 0.322. The molecular formula is C7H8N2O2. The molecule has 0 radical (unpaired) electrons. The summed E-state index contributed by atoms with van der Waals surface area (Å²) in [6.45, 7) is 1.81. The third kappa shape index (κ3) is 1.93. The monoisotopic (exact) mass is 152 g/mol. The standard InChI is InChI=1S/C7H8N2O2/c1-6-7(5-9-11-6)3-2-4-8-10/h2-5,10H,1H3/b3-2+,8-4+. The van der Waals surface area contributed by atoms with Crippen molar-refractivity contribution in [3.63, 3.8) is 0 Å². The van der Waals surface area contributed by atoms with Crippen molar-refractivity contribution in [2.24, 2.45) is 5.16 Å². The van der Waals surface area contributed by atoms with E-state index in [2.05, 4.69) is 10.3 Å². The van der Waals surface area contributed by atoms with Gasteiger partial charge in [-0.2, -0.15) is 0 Å². The van der Waals surface area contributed by atoms with Crippen molar-refractivity contribution in [2.45, 2.75) is 6.92 Å². The van der Waals surface area contributed by atoms with E-state index in [-0.39, 0.29) is 0 Å². The Kier molecular flexibility index (Phi) is 2.43. The van der Waals surface area contributed by atoms with E-state index < -0.39 is 0 Å². The maximum absolute atomic E-state index is 8.04. The Morgan fingerprint density at radius 2 is 2.55 bits per heavy atom. The summed E-state index contributed by atoms with van der Waals surface area (Å²) in [6.07, 6.45) is 6.20. The largest absolute Gasteiger partial charge is 0.411 e. The van der Waals surface area contributed by atoms with E-state index in [1.54, 1.807) is 18.3 Å². The molecule has 0 aliphatic carbocycles. The van der Waals surface area contributed by atoms with Crippen LogP contribution in [0.25, 0.3) is 6.08 Å². The van der Waals surface area contributed by atoms with Crippen LogP contribution in [0.3, 0.4) is 0 Å². The van der Waals surface area contributed by atoms with E-state index in [0.29, 0.717) is 0 Å². The van der Waals surface area contributed by atoms with Gasteiger partial charge in [-0.05, 0) is 19.1 Å². The first-order valence-electron chi connectivity index (χ1n) is 3.10. The molecule has 1 rings (SSSR count). The van der Waals surface area contributed by atoms with Crippen molar-refractivity contribution >= 4 is 12.3 Å². The van der Waals surface area contributed by atoms with Gasteiger partial charge in [0, 0.05) is 5.56 Å². The maximum Gasteiger partial charge on any atom is 0.140 e. The molecule has 0 saturated heterocycles. The number of oxime groups is 1. The van der Waals surface area contributed by atoms with Crippen molar-refractivity contribution < 1.29 is 9.73 Å². The second-order valence-corrected chi connectivity index (χ2v) is 1.96. The minimum Gasteiger partial charge on any atom is -0.411 e. The summed E-state index contributed by atoms with van der Waals surface area (Å²) in [5, 5.41) is 14.4. The van der Waals surface area contributed by atoms with Gasteiger partial charge in [-0.15, -0.1) is 0 Å². The lowest BCUT2D eigenvalue weighted by Crippen LogP contribution is -1.69. The number of hydrogen-bond acceptors (Lipinski definition) is 4. The number of hydrogen-bond donors (Lipinski definition) is 1. The predicted octanol–water partition coefficient (Wildman–Crippen LogP) is 1.46. The van der Waals surface area contributed by atoms with Crippen LogP contribution in [-0.2, 0) is 0 Å². The van der Waals surface area contributed by atoms with Crippen LogP contribution < -0.4 is 0 Å². The molecule has 0 fully saturated rings. The average molecular weight is 152 g/mol. The lowest BCUT2D eigenvalue weighted by atomic mass is 10.2. The zero-order chi connectivity index (χ0) is 8.10. The molecule has 11 heavy (non-hydrogen) atoms. The number of allylic oxidation sites excluding steroid dienone is 1. The molecule has 0 spiro atoms. The lowest BCUT2D eigenvalue weighted by Gasteiger charge is -1.81. The molecule has 0 aromatic carbocycles. The highest BCUT2D eigenvalue weighted by Crippen LogP contribution is 2.06. The van der Waals surface area contributed by atoms with E-state index in [4.69, 9.17) is 9.73 Å². The van der Waals surface area contributed by atoms with Crippen molar-refractivity contribution in [2.75, 3.05) is 0 Å². The van der Waals surface area contributed by atoms with Gasteiger partial charge in [-0.1, -0.05) is 10.3 Å². The number of aryl methyl sites for hydroxylation is 1. The first-order valence-corrected chi connectivity index (χ1v) is 3.10. The molecule has 1 heterocycles. The number of aromatic nitrogens is 1. The molecule has 1 aromatic heterocycles. The Balaban J connectivity index is 2.71. The van der Waals surface area contributed by atoms with Crippen LogP contribution >= 0.6 is 0 Å². The molecule has 1 aromatic rings. The summed E-state index contributed by atoms with van der Waals surface area (Å²) < 4.78 is 4.79. The molecule has 0 bridgehead atoms. The topological polar surface area (TPSA) is 58.6 Å². The van der Waals surface area contributed by atoms with Crippen molar-refractivity contribution in [1.82, 2.24) is 5.16 Å². The van der Waals surface area contributed by atoms with Crippen LogP contribution in [-0.4, -0.2) is 16.6 Å². The van der Waals surface area contributed by atoms with Crippen LogP contribution in [0.5, 0.6) is 0 Å². The minimum absolute atomic E-state index is 0.743. The molecular weight excluding hydrogens is 144 g/mol. The fourth-order valence-electron chi connectivity index (χ4n) is 0.651. The summed E-state index contributed by atoms with van der Waals surface area (Å²) in [4.78, 5) is 0. The Hall–Kier alpha value is -1.58. The van der Waals surface area contributed by atoms with E-state index in [1.807, 2.05) is 6.92 Å². The Morgan fingerprint density at radius 3 is 3.09 bits per heavy atom. The van der Waals surface area contributed by atoms with E-state index >= 15 is 0 Å². The van der Waals surface area contributed by atoms with E-state index in [1.165, 1.54) is 6.21 Å². The van der Waals surface area contributed by atoms with Crippen LogP contribution in [0.4, 0.5) is 0 Å². The van der Waals surface area contributed by atoms with Gasteiger partial charge < -0.3 is 9.73 Å². The Morgan fingerprint density at radius 1 is 1.73 bits per heavy atom. The van der Waals surface area contributed by atoms with Gasteiger partial charge in [0.15, 0.2) is 0 Å². The average Bonchev–Trinajstić information content (AvgIpc) is 2.37. The summed E-state index contributed by atoms with van der Waals surface area (Å²) in [7, 11) is 0. The first-order chi connectivity index (χ1) is 5.34. The quantitative estimate of drug-likeness (QED) is 0.396. The molecule has 0 unspecified atom stereocenters. The Labute approximate surface area is 63.8 Å². The summed E-state index contributed by atoms with van der Waals surface area (Å²) in [5.74, 6) is 0.743. The number of rotatable bonds is 2. The minimum atomic E-state index is 0.743. The predicted molar refractivity (Wildman–Crippen MR) is 40.6 cm³/mol. The molecule has 0 amide bonds. The second-order valence-electron chi connectivity index (χ2n) is 1.96. The van der Waals surface area contributed by atoms with Crippen molar-refractivity contribution in [1.29, 1.82) is 0 Å². The fraction of sp³-hybridized carbons (Fsp3) is 0.143. The molecule has 0 aliphatic heterocycles. The summed E-state index contributed by atoms with van der Waals surface area (Å²) >= 11 is 0. The zero-order valence-electron chi connectivity index (χ0n) is 6.06. The summed E-state index contributed by atoms with van der Waals surface area (Å²) in [6, 6.07) is 0. The third-order valence-corrected chi connectivity index (χ3v) is 1.22. The smallest absolute Gasteiger partial charge is 0.140 e. The Bertz CT molecular complexity index is 276. The molecule has 0 aliphatic rings. The first kappa shape index (κ1) is 7.53. The van der Waals surface area contributed by atoms with Crippen LogP contribution in [0.1, 0.15) is 11.3 Å². The van der Waals surface area contributed by atoms with Crippen molar-refractivity contribution in [3.05, 3.63) is 23.6 Å². The fourth-order valence-corrected chi connectivity index (χ4v) is 0.651. The van der Waals surface area contributed by atoms with Crippen LogP contribution in [0.15, 0.2) is 22.0 Å². The van der Waals surface area contributed by atoms with Gasteiger partial charge in [-0.3, -0.25) is 0 Å². The SMILES string of the molecule is Cc1oncc1/C=C/C=N/O. The van der Waals surface area contributed by atoms with Gasteiger partial charge in [0.05, 0.1) is 12.4 Å². The van der Waals surface area contributed by atoms with Gasteiger partial charge in [0.25, 0.3) is 0 Å². The second kappa shape index (κ2) is 3.55. The van der Waals surface area contributed by atoms with Crippen molar-refractivity contribution in [3.8, 4) is 0 Å². The van der Waals surface area contributed by atoms with Gasteiger partial charge in [0.2, 0.25) is 0 Å². The highest BCUT2D eigenvalue weighted by atomic mass is 16.5. The highest BCUT2D eigenvalue weighted by molar-refractivity contribution is 5.77. The molecule has 0 saturated carbocycles. The van der Waals surface area contributed by atoms with E-state index in [0.717, 1.165) is 11.3 Å². The zero-order valence-corrected chi connectivity index (χ0v) is 6.06. The molecule has 4 nitrogen and oxygen atoms in total. The maximum atomic E-state index is 8.04. The van der Waals surface area contributed by atoms with Crippen LogP contribution in [0, 0.1) is 6.92 Å². The molecule has 58 valence electrons. The van der Waals surface area contributed by atoms with Gasteiger partial charge in [0.1, 0.15) is 5.76 Å². The van der Waals surface area contributed by atoms with Gasteiger partial charge >= 0.3 is 0 Å². The molecule has 1 N–H and O–H groups in total. The molecule has 0 atom stereocenters. The summed E-state index contributed by atoms with van der Waals surface area (Å²) in [5.41, 5.74) is 0.880. The van der Waals surface area contributed by atoms with E-state index in [9.17, 15) is 0 Å². The highest BCUT2D eigenvalue weighted by Gasteiger charge is 1.95. The van der Waals surface area contributed by atoms with Gasteiger partial charge in [-0.25, -0.2) is 0 Å². The normalized spacial score (nSPS) is 11.7.